The average Bonchev–Trinajstić information content (AvgIpc) is 3.12. The van der Waals surface area contributed by atoms with E-state index in [1.54, 1.807) is 49.4 Å². The predicted octanol–water partition coefficient (Wildman–Crippen LogP) is 5.34. The number of carbonyl (C=O) groups is 1. The zero-order valence-corrected chi connectivity index (χ0v) is 19.4. The van der Waals surface area contributed by atoms with Crippen LogP contribution in [0, 0.1) is 20.8 Å². The highest BCUT2D eigenvalue weighted by atomic mass is 16.5. The minimum Gasteiger partial charge on any atom is -0.505 e. The number of phenolic OH excluding ortho intramolecular Hbond substituents is 1. The van der Waals surface area contributed by atoms with E-state index in [0.717, 1.165) is 11.1 Å². The summed E-state index contributed by atoms with van der Waals surface area (Å²) < 4.78 is 6.56. The molecule has 4 aromatic rings. The van der Waals surface area contributed by atoms with E-state index in [0.29, 0.717) is 28.3 Å². The maximum absolute atomic E-state index is 13.0. The molecule has 0 aliphatic carbocycles. The van der Waals surface area contributed by atoms with Gasteiger partial charge >= 0.3 is 5.97 Å². The van der Waals surface area contributed by atoms with E-state index in [1.165, 1.54) is 4.68 Å². The smallest absolute Gasteiger partial charge is 0.341 e. The molecule has 178 valence electrons. The van der Waals surface area contributed by atoms with E-state index in [9.17, 15) is 14.7 Å². The summed E-state index contributed by atoms with van der Waals surface area (Å²) in [7, 11) is 0. The molecule has 0 unspecified atom stereocenters. The minimum absolute atomic E-state index is 0.0990. The zero-order chi connectivity index (χ0) is 25.1. The molecule has 35 heavy (non-hydrogen) atoms. The molecule has 0 saturated carbocycles. The number of hydrogen-bond donors (Lipinski definition) is 3. The lowest BCUT2D eigenvalue weighted by molar-refractivity contribution is -0.139. The van der Waals surface area contributed by atoms with Crippen LogP contribution >= 0.6 is 0 Å². The number of aryl methyl sites for hydroxylation is 3. The van der Waals surface area contributed by atoms with Crippen molar-refractivity contribution in [3.05, 3.63) is 87.8 Å². The van der Waals surface area contributed by atoms with E-state index < -0.39 is 12.6 Å². The number of nitrogens with zero attached hydrogens (tertiary/aromatic N) is 3. The SMILES string of the molecule is Cc1ccc(-n2[nH]c(C)c(N=Nc3cccc(-c4ccc(OCC(=O)O)cc4)c3O)c2=O)cc1C. The second-order valence-electron chi connectivity index (χ2n) is 8.07. The molecule has 3 N–H and O–H groups in total. The van der Waals surface area contributed by atoms with Crippen molar-refractivity contribution in [2.45, 2.75) is 20.8 Å². The molecule has 0 aliphatic rings. The average molecular weight is 473 g/mol. The highest BCUT2D eigenvalue weighted by molar-refractivity contribution is 5.76. The molecule has 0 atom stereocenters. The number of carboxylic acids is 1. The number of aromatic nitrogens is 2. The van der Waals surface area contributed by atoms with Crippen molar-refractivity contribution < 1.29 is 19.7 Å². The molecule has 3 aromatic carbocycles. The molecule has 0 amide bonds. The lowest BCUT2D eigenvalue weighted by Gasteiger charge is -2.08. The molecule has 4 rings (SSSR count). The Hall–Kier alpha value is -4.66. The van der Waals surface area contributed by atoms with Gasteiger partial charge in [-0.1, -0.05) is 30.3 Å². The van der Waals surface area contributed by atoms with E-state index in [4.69, 9.17) is 9.84 Å². The molecule has 0 spiro atoms. The third kappa shape index (κ3) is 4.98. The van der Waals surface area contributed by atoms with Crippen molar-refractivity contribution in [2.75, 3.05) is 6.61 Å². The first-order valence-corrected chi connectivity index (χ1v) is 10.8. The van der Waals surface area contributed by atoms with Crippen LogP contribution in [0.3, 0.4) is 0 Å². The Labute approximate surface area is 201 Å². The number of rotatable bonds is 7. The second-order valence-corrected chi connectivity index (χ2v) is 8.07. The van der Waals surface area contributed by atoms with Crippen LogP contribution in [-0.4, -0.2) is 32.6 Å². The van der Waals surface area contributed by atoms with Gasteiger partial charge in [-0.2, -0.15) is 0 Å². The van der Waals surface area contributed by atoms with Gasteiger partial charge in [-0.25, -0.2) is 9.48 Å². The van der Waals surface area contributed by atoms with Gasteiger partial charge in [0.2, 0.25) is 0 Å². The van der Waals surface area contributed by atoms with Gasteiger partial charge in [0.1, 0.15) is 11.4 Å². The number of aromatic hydroxyl groups is 1. The van der Waals surface area contributed by atoms with Crippen LogP contribution in [0.5, 0.6) is 11.5 Å². The third-order valence-corrected chi connectivity index (χ3v) is 5.59. The fraction of sp³-hybridized carbons (Fsp3) is 0.154. The molecular weight excluding hydrogens is 448 g/mol. The Morgan fingerprint density at radius 2 is 1.74 bits per heavy atom. The molecule has 1 heterocycles. The summed E-state index contributed by atoms with van der Waals surface area (Å²) in [5.74, 6) is -0.768. The van der Waals surface area contributed by atoms with E-state index in [1.807, 2.05) is 32.0 Å². The highest BCUT2D eigenvalue weighted by Crippen LogP contribution is 2.38. The fourth-order valence-electron chi connectivity index (χ4n) is 3.53. The van der Waals surface area contributed by atoms with Crippen LogP contribution in [0.15, 0.2) is 75.7 Å². The lowest BCUT2D eigenvalue weighted by atomic mass is 10.0. The van der Waals surface area contributed by atoms with E-state index in [-0.39, 0.29) is 22.7 Å². The molecule has 9 heteroatoms. The Morgan fingerprint density at radius 1 is 1.00 bits per heavy atom. The van der Waals surface area contributed by atoms with Crippen molar-refractivity contribution in [2.24, 2.45) is 10.2 Å². The van der Waals surface area contributed by atoms with Gasteiger partial charge in [-0.3, -0.25) is 9.89 Å². The standard InChI is InChI=1S/C26H24N4O5/c1-15-7-10-19(13-16(15)2)30-26(34)24(17(3)29-30)28-27-22-6-4-5-21(25(22)33)18-8-11-20(12-9-18)35-14-23(31)32/h4-13,29,33H,14H2,1-3H3,(H,31,32). The van der Waals surface area contributed by atoms with Crippen molar-refractivity contribution in [1.29, 1.82) is 0 Å². The number of azo groups is 1. The van der Waals surface area contributed by atoms with Crippen LogP contribution < -0.4 is 10.3 Å². The van der Waals surface area contributed by atoms with Gasteiger partial charge in [0, 0.05) is 5.56 Å². The minimum atomic E-state index is -1.07. The number of carboxylic acid groups (broad SMARTS) is 1. The number of benzene rings is 3. The van der Waals surface area contributed by atoms with Gasteiger partial charge in [-0.15, -0.1) is 10.2 Å². The molecule has 0 radical (unpaired) electrons. The van der Waals surface area contributed by atoms with Crippen molar-refractivity contribution in [3.8, 4) is 28.3 Å². The number of aromatic amines is 1. The summed E-state index contributed by atoms with van der Waals surface area (Å²) in [4.78, 5) is 23.6. The molecular formula is C26H24N4O5. The van der Waals surface area contributed by atoms with E-state index >= 15 is 0 Å². The number of ether oxygens (including phenoxy) is 1. The summed E-state index contributed by atoms with van der Waals surface area (Å²) in [6.07, 6.45) is 0. The van der Waals surface area contributed by atoms with Crippen LogP contribution in [0.25, 0.3) is 16.8 Å². The van der Waals surface area contributed by atoms with Gasteiger partial charge < -0.3 is 14.9 Å². The Morgan fingerprint density at radius 3 is 2.43 bits per heavy atom. The largest absolute Gasteiger partial charge is 0.505 e. The summed E-state index contributed by atoms with van der Waals surface area (Å²) in [5.41, 5.74) is 4.62. The molecule has 0 fully saturated rings. The summed E-state index contributed by atoms with van der Waals surface area (Å²) in [6, 6.07) is 17.4. The van der Waals surface area contributed by atoms with Gasteiger partial charge in [-0.05, 0) is 67.8 Å². The van der Waals surface area contributed by atoms with E-state index in [2.05, 4.69) is 15.3 Å². The van der Waals surface area contributed by atoms with Crippen molar-refractivity contribution in [3.63, 3.8) is 0 Å². The summed E-state index contributed by atoms with van der Waals surface area (Å²) >= 11 is 0. The molecule has 0 saturated heterocycles. The van der Waals surface area contributed by atoms with Gasteiger partial charge in [0.25, 0.3) is 5.56 Å². The van der Waals surface area contributed by atoms with Crippen molar-refractivity contribution >= 4 is 17.3 Å². The van der Waals surface area contributed by atoms with Crippen LogP contribution in [-0.2, 0) is 4.79 Å². The first kappa shape index (κ1) is 23.5. The Balaban J connectivity index is 1.62. The molecule has 0 bridgehead atoms. The number of hydrogen-bond acceptors (Lipinski definition) is 6. The zero-order valence-electron chi connectivity index (χ0n) is 19.4. The normalized spacial score (nSPS) is 11.2. The Bertz CT molecular complexity index is 1480. The molecule has 0 aliphatic heterocycles. The highest BCUT2D eigenvalue weighted by Gasteiger charge is 2.14. The maximum atomic E-state index is 13.0. The molecule has 9 nitrogen and oxygen atoms in total. The van der Waals surface area contributed by atoms with Gasteiger partial charge in [0.05, 0.1) is 11.4 Å². The van der Waals surface area contributed by atoms with Crippen LogP contribution in [0.1, 0.15) is 16.8 Å². The summed E-state index contributed by atoms with van der Waals surface area (Å²) in [5, 5.41) is 30.8. The topological polar surface area (TPSA) is 129 Å². The number of phenols is 1. The lowest BCUT2D eigenvalue weighted by Crippen LogP contribution is -2.14. The van der Waals surface area contributed by atoms with Gasteiger partial charge in [0.15, 0.2) is 18.0 Å². The first-order valence-electron chi connectivity index (χ1n) is 10.8. The number of para-hydroxylation sites is 1. The monoisotopic (exact) mass is 472 g/mol. The number of aliphatic carboxylic acids is 1. The predicted molar refractivity (Wildman–Crippen MR) is 131 cm³/mol. The molecule has 1 aromatic heterocycles. The second kappa shape index (κ2) is 9.68. The number of H-pyrrole nitrogens is 1. The quantitative estimate of drug-likeness (QED) is 0.313. The number of nitrogens with one attached hydrogen (secondary N) is 1. The fourth-order valence-corrected chi connectivity index (χ4v) is 3.53. The van der Waals surface area contributed by atoms with Crippen LogP contribution in [0.4, 0.5) is 11.4 Å². The third-order valence-electron chi connectivity index (χ3n) is 5.59. The first-order chi connectivity index (χ1) is 16.7. The van der Waals surface area contributed by atoms with Crippen LogP contribution in [0.2, 0.25) is 0 Å². The summed E-state index contributed by atoms with van der Waals surface area (Å²) in [6.45, 7) is 5.28. The Kier molecular flexibility index (Phi) is 6.50. The maximum Gasteiger partial charge on any atom is 0.341 e. The van der Waals surface area contributed by atoms with Crippen molar-refractivity contribution in [1.82, 2.24) is 9.78 Å².